The van der Waals surface area contributed by atoms with Crippen molar-refractivity contribution in [3.05, 3.63) is 35.4 Å². The molecule has 1 saturated heterocycles. The molecule has 0 saturated carbocycles. The van der Waals surface area contributed by atoms with Crippen LogP contribution in [0.4, 0.5) is 11.5 Å². The van der Waals surface area contributed by atoms with Gasteiger partial charge in [-0.1, -0.05) is 0 Å². The van der Waals surface area contributed by atoms with Gasteiger partial charge in [-0.3, -0.25) is 4.79 Å². The summed E-state index contributed by atoms with van der Waals surface area (Å²) in [4.78, 5) is 17.1. The van der Waals surface area contributed by atoms with Crippen LogP contribution in [0.15, 0.2) is 24.3 Å². The predicted molar refractivity (Wildman–Crippen MR) is 139 cm³/mol. The lowest BCUT2D eigenvalue weighted by molar-refractivity contribution is 0.0904. The fraction of sp³-hybridized carbons (Fsp3) is 0.500. The minimum Gasteiger partial charge on any atom is -0.491 e. The van der Waals surface area contributed by atoms with E-state index in [1.807, 2.05) is 26.0 Å². The number of aliphatic hydroxyl groups is 1. The van der Waals surface area contributed by atoms with Gasteiger partial charge >= 0.3 is 0 Å². The topological polar surface area (TPSA) is 129 Å². The Kier molecular flexibility index (Phi) is 9.59. The Balaban J connectivity index is 2.04. The number of Topliss-reactive ketones (excluding diaryl/α,β-unsaturated/α-hetero) is 1. The Labute approximate surface area is 207 Å². The largest absolute Gasteiger partial charge is 0.491 e. The second-order valence-electron chi connectivity index (χ2n) is 9.12. The van der Waals surface area contributed by atoms with Crippen LogP contribution in [0.1, 0.15) is 49.5 Å². The minimum absolute atomic E-state index is 0.0929. The van der Waals surface area contributed by atoms with Crippen molar-refractivity contribution in [2.24, 2.45) is 0 Å². The first-order valence-corrected chi connectivity index (χ1v) is 12.1. The summed E-state index contributed by atoms with van der Waals surface area (Å²) in [7, 11) is 1.76. The number of carbonyl (C=O) groups is 1. The van der Waals surface area contributed by atoms with Crippen LogP contribution in [-0.2, 0) is 4.74 Å². The summed E-state index contributed by atoms with van der Waals surface area (Å²) in [6.07, 6.45) is 2.41. The number of pyridine rings is 1. The average Bonchev–Trinajstić information content (AvgIpc) is 2.83. The first-order chi connectivity index (χ1) is 16.8. The Bertz CT molecular complexity index is 1020. The van der Waals surface area contributed by atoms with Crippen molar-refractivity contribution in [2.75, 3.05) is 44.0 Å². The third kappa shape index (κ3) is 7.48. The standard InChI is InChI=1S/C26H37N5O4/c1-16(2)29-26-23(13-27)25(30-20-5-7-34-8-6-20)12-24(31-26)19-9-18(17(3)32)10-22(11-19)35-15-21(33)14-28-4/h9-13,16,20-21,27-28,33H,5-8,14-15H2,1-4H3,(H2,29,30,31). The van der Waals surface area contributed by atoms with E-state index in [2.05, 4.69) is 16.0 Å². The Morgan fingerprint density at radius 1 is 1.29 bits per heavy atom. The molecule has 1 aromatic heterocycles. The van der Waals surface area contributed by atoms with Crippen molar-refractivity contribution in [1.29, 1.82) is 5.41 Å². The maximum atomic E-state index is 12.3. The van der Waals surface area contributed by atoms with Gasteiger partial charge in [0.1, 0.15) is 24.3 Å². The summed E-state index contributed by atoms with van der Waals surface area (Å²) < 4.78 is 11.3. The molecule has 1 unspecified atom stereocenters. The van der Waals surface area contributed by atoms with E-state index in [4.69, 9.17) is 19.9 Å². The van der Waals surface area contributed by atoms with E-state index in [-0.39, 0.29) is 24.5 Å². The van der Waals surface area contributed by atoms with E-state index < -0.39 is 6.10 Å². The van der Waals surface area contributed by atoms with Crippen molar-refractivity contribution in [1.82, 2.24) is 10.3 Å². The van der Waals surface area contributed by atoms with Crippen LogP contribution in [0.3, 0.4) is 0 Å². The summed E-state index contributed by atoms with van der Waals surface area (Å²) in [5.41, 5.74) is 3.35. The number of nitrogens with one attached hydrogen (secondary N) is 4. The molecule has 1 aliphatic heterocycles. The van der Waals surface area contributed by atoms with Crippen molar-refractivity contribution < 1.29 is 19.4 Å². The second-order valence-corrected chi connectivity index (χ2v) is 9.12. The normalized spacial score (nSPS) is 15.0. The van der Waals surface area contributed by atoms with Gasteiger partial charge in [-0.25, -0.2) is 4.98 Å². The molecule has 0 amide bonds. The lowest BCUT2D eigenvalue weighted by Crippen LogP contribution is -2.29. The van der Waals surface area contributed by atoms with Crippen molar-refractivity contribution in [2.45, 2.75) is 51.8 Å². The summed E-state index contributed by atoms with van der Waals surface area (Å²) in [5.74, 6) is 0.991. The third-order valence-electron chi connectivity index (χ3n) is 5.70. The average molecular weight is 484 g/mol. The van der Waals surface area contributed by atoms with E-state index in [9.17, 15) is 9.90 Å². The Morgan fingerprint density at radius 3 is 2.66 bits per heavy atom. The molecule has 1 atom stereocenters. The highest BCUT2D eigenvalue weighted by molar-refractivity contribution is 5.97. The van der Waals surface area contributed by atoms with Crippen molar-refractivity contribution >= 4 is 23.5 Å². The van der Waals surface area contributed by atoms with Crippen LogP contribution in [0.2, 0.25) is 0 Å². The molecule has 0 radical (unpaired) electrons. The van der Waals surface area contributed by atoms with Crippen molar-refractivity contribution in [3.8, 4) is 17.0 Å². The summed E-state index contributed by atoms with van der Waals surface area (Å²) in [6.45, 7) is 7.45. The number of hydrogen-bond acceptors (Lipinski definition) is 9. The second kappa shape index (κ2) is 12.6. The minimum atomic E-state index is -0.674. The molecule has 3 rings (SSSR count). The predicted octanol–water partition coefficient (Wildman–Crippen LogP) is 3.32. The summed E-state index contributed by atoms with van der Waals surface area (Å²) >= 11 is 0. The molecule has 1 aromatic carbocycles. The van der Waals surface area contributed by atoms with Crippen LogP contribution in [0.25, 0.3) is 11.3 Å². The number of ketones is 1. The number of anilines is 2. The van der Waals surface area contributed by atoms with Gasteiger partial charge in [0.2, 0.25) is 0 Å². The van der Waals surface area contributed by atoms with Gasteiger partial charge in [0, 0.05) is 54.9 Å². The molecule has 1 aliphatic rings. The van der Waals surface area contributed by atoms with Gasteiger partial charge in [-0.2, -0.15) is 0 Å². The van der Waals surface area contributed by atoms with E-state index in [0.29, 0.717) is 53.7 Å². The van der Waals surface area contributed by atoms with Crippen LogP contribution >= 0.6 is 0 Å². The number of benzene rings is 1. The number of hydrogen-bond donors (Lipinski definition) is 5. The number of likely N-dealkylation sites (N-methyl/N-ethyl adjacent to an activating group) is 1. The molecule has 9 heteroatoms. The highest BCUT2D eigenvalue weighted by atomic mass is 16.5. The molecule has 2 aromatic rings. The molecule has 5 N–H and O–H groups in total. The zero-order chi connectivity index (χ0) is 25.4. The lowest BCUT2D eigenvalue weighted by atomic mass is 10.0. The molecular formula is C26H37N5O4. The number of ether oxygens (including phenoxy) is 2. The van der Waals surface area contributed by atoms with Crippen molar-refractivity contribution in [3.63, 3.8) is 0 Å². The lowest BCUT2D eigenvalue weighted by Gasteiger charge is -2.26. The van der Waals surface area contributed by atoms with Crippen LogP contribution in [0.5, 0.6) is 5.75 Å². The Hall–Kier alpha value is -3.01. The first-order valence-electron chi connectivity index (χ1n) is 12.1. The number of carbonyl (C=O) groups excluding carboxylic acids is 1. The zero-order valence-corrected chi connectivity index (χ0v) is 21.0. The van der Waals surface area contributed by atoms with Gasteiger partial charge in [-0.05, 0) is 64.9 Å². The zero-order valence-electron chi connectivity index (χ0n) is 21.0. The van der Waals surface area contributed by atoms with E-state index in [0.717, 1.165) is 18.5 Å². The van der Waals surface area contributed by atoms with Gasteiger partial charge in [0.05, 0.1) is 11.3 Å². The molecule has 0 bridgehead atoms. The number of nitrogens with zero attached hydrogens (tertiary/aromatic N) is 1. The fourth-order valence-corrected chi connectivity index (χ4v) is 3.93. The smallest absolute Gasteiger partial charge is 0.159 e. The quantitative estimate of drug-likeness (QED) is 0.230. The third-order valence-corrected chi connectivity index (χ3v) is 5.70. The van der Waals surface area contributed by atoms with E-state index in [1.54, 1.807) is 19.2 Å². The van der Waals surface area contributed by atoms with Gasteiger partial charge in [0.25, 0.3) is 0 Å². The summed E-state index contributed by atoms with van der Waals surface area (Å²) in [6, 6.07) is 7.56. The van der Waals surface area contributed by atoms with E-state index in [1.165, 1.54) is 13.1 Å². The molecule has 1 fully saturated rings. The summed E-state index contributed by atoms with van der Waals surface area (Å²) in [5, 5.41) is 27.9. The van der Waals surface area contributed by atoms with Gasteiger partial charge in [-0.15, -0.1) is 0 Å². The molecular weight excluding hydrogens is 446 g/mol. The fourth-order valence-electron chi connectivity index (χ4n) is 3.93. The molecule has 9 nitrogen and oxygen atoms in total. The highest BCUT2D eigenvalue weighted by Crippen LogP contribution is 2.32. The SMILES string of the molecule is CNCC(O)COc1cc(C(C)=O)cc(-c2cc(NC3CCOCC3)c(C=N)c(NC(C)C)n2)c1. The van der Waals surface area contributed by atoms with Gasteiger partial charge in [0.15, 0.2) is 5.78 Å². The van der Waals surface area contributed by atoms with Crippen LogP contribution in [0, 0.1) is 5.41 Å². The Morgan fingerprint density at radius 2 is 2.03 bits per heavy atom. The van der Waals surface area contributed by atoms with Gasteiger partial charge < -0.3 is 35.9 Å². The molecule has 190 valence electrons. The molecule has 0 spiro atoms. The van der Waals surface area contributed by atoms with Crippen LogP contribution in [-0.4, -0.2) is 73.7 Å². The molecule has 2 heterocycles. The first kappa shape index (κ1) is 26.6. The monoisotopic (exact) mass is 483 g/mol. The maximum absolute atomic E-state index is 12.3. The highest BCUT2D eigenvalue weighted by Gasteiger charge is 2.19. The molecule has 35 heavy (non-hydrogen) atoms. The van der Waals surface area contributed by atoms with Crippen LogP contribution < -0.4 is 20.7 Å². The number of rotatable bonds is 12. The molecule has 0 aliphatic carbocycles. The van der Waals surface area contributed by atoms with E-state index >= 15 is 0 Å². The number of aromatic nitrogens is 1. The maximum Gasteiger partial charge on any atom is 0.159 e. The number of aliphatic hydroxyl groups excluding tert-OH is 1.